The quantitative estimate of drug-likeness (QED) is 0.883. The molecule has 0 fully saturated rings. The minimum absolute atomic E-state index is 0.144. The molecule has 0 spiro atoms. The predicted octanol–water partition coefficient (Wildman–Crippen LogP) is 3.36. The number of rotatable bonds is 4. The van der Waals surface area contributed by atoms with E-state index >= 15 is 0 Å². The van der Waals surface area contributed by atoms with E-state index in [4.69, 9.17) is 16.3 Å². The zero-order chi connectivity index (χ0) is 17.0. The molecule has 1 atom stereocenters. The van der Waals surface area contributed by atoms with Crippen molar-refractivity contribution in [3.8, 4) is 5.75 Å². The second kappa shape index (κ2) is 7.41. The van der Waals surface area contributed by atoms with Gasteiger partial charge in [-0.2, -0.15) is 0 Å². The van der Waals surface area contributed by atoms with E-state index in [1.54, 1.807) is 24.8 Å². The Morgan fingerprint density at radius 2 is 2.26 bits per heavy atom. The third kappa shape index (κ3) is 4.75. The molecular formula is C17H25ClN2O3. The molecule has 0 aliphatic carbocycles. The Morgan fingerprint density at radius 1 is 1.52 bits per heavy atom. The number of benzene rings is 1. The van der Waals surface area contributed by atoms with Crippen LogP contribution < -0.4 is 10.1 Å². The highest BCUT2D eigenvalue weighted by Crippen LogP contribution is 2.36. The Morgan fingerprint density at radius 3 is 2.91 bits per heavy atom. The van der Waals surface area contributed by atoms with E-state index in [2.05, 4.69) is 5.32 Å². The van der Waals surface area contributed by atoms with Gasteiger partial charge in [-0.1, -0.05) is 23.7 Å². The third-order valence-electron chi connectivity index (χ3n) is 3.80. The van der Waals surface area contributed by atoms with Crippen molar-refractivity contribution in [3.63, 3.8) is 0 Å². The molecule has 1 aromatic rings. The zero-order valence-electron chi connectivity index (χ0n) is 13.9. The van der Waals surface area contributed by atoms with Gasteiger partial charge in [-0.25, -0.2) is 4.79 Å². The van der Waals surface area contributed by atoms with Crippen LogP contribution in [-0.2, 0) is 0 Å². The summed E-state index contributed by atoms with van der Waals surface area (Å²) in [5, 5.41) is 13.6. The molecule has 0 aromatic heterocycles. The van der Waals surface area contributed by atoms with Gasteiger partial charge >= 0.3 is 6.03 Å². The molecule has 0 radical (unpaired) electrons. The lowest BCUT2D eigenvalue weighted by molar-refractivity contribution is 0.0475. The number of nitrogens with zero attached hydrogens (tertiary/aromatic N) is 1. The normalized spacial score (nSPS) is 17.7. The van der Waals surface area contributed by atoms with Crippen LogP contribution in [0.1, 0.15) is 45.2 Å². The Kier molecular flexibility index (Phi) is 5.76. The van der Waals surface area contributed by atoms with Crippen molar-refractivity contribution in [1.82, 2.24) is 10.2 Å². The fourth-order valence-electron chi connectivity index (χ4n) is 2.75. The molecule has 1 aliphatic rings. The van der Waals surface area contributed by atoms with Crippen molar-refractivity contribution in [2.75, 3.05) is 19.7 Å². The SMILES string of the molecule is CCN(CC(C)(C)O)C(=O)NC1CCCOc2c(Cl)cccc21. The molecule has 5 nitrogen and oxygen atoms in total. The lowest BCUT2D eigenvalue weighted by atomic mass is 10.0. The second-order valence-corrected chi connectivity index (χ2v) is 6.88. The number of fused-ring (bicyclic) bond motifs is 1. The number of halogens is 1. The van der Waals surface area contributed by atoms with Crippen molar-refractivity contribution in [1.29, 1.82) is 0 Å². The lowest BCUT2D eigenvalue weighted by Crippen LogP contribution is -2.47. The van der Waals surface area contributed by atoms with Crippen molar-refractivity contribution in [3.05, 3.63) is 28.8 Å². The molecule has 23 heavy (non-hydrogen) atoms. The molecular weight excluding hydrogens is 316 g/mol. The number of hydrogen-bond acceptors (Lipinski definition) is 3. The third-order valence-corrected chi connectivity index (χ3v) is 4.10. The monoisotopic (exact) mass is 340 g/mol. The van der Waals surface area contributed by atoms with Gasteiger partial charge in [-0.05, 0) is 39.7 Å². The fraction of sp³-hybridized carbons (Fsp3) is 0.588. The maximum Gasteiger partial charge on any atom is 0.317 e. The van der Waals surface area contributed by atoms with Crippen molar-refractivity contribution >= 4 is 17.6 Å². The van der Waals surface area contributed by atoms with Gasteiger partial charge in [0.2, 0.25) is 0 Å². The molecule has 1 unspecified atom stereocenters. The summed E-state index contributed by atoms with van der Waals surface area (Å²) in [7, 11) is 0. The topological polar surface area (TPSA) is 61.8 Å². The number of carbonyl (C=O) groups is 1. The van der Waals surface area contributed by atoms with Crippen molar-refractivity contribution < 1.29 is 14.6 Å². The van der Waals surface area contributed by atoms with Crippen molar-refractivity contribution in [2.24, 2.45) is 0 Å². The van der Waals surface area contributed by atoms with E-state index in [-0.39, 0.29) is 18.6 Å². The number of ether oxygens (including phenoxy) is 1. The van der Waals surface area contributed by atoms with E-state index < -0.39 is 5.60 Å². The van der Waals surface area contributed by atoms with Gasteiger partial charge in [0.25, 0.3) is 0 Å². The first-order chi connectivity index (χ1) is 10.8. The molecule has 1 aromatic carbocycles. The number of urea groups is 1. The maximum absolute atomic E-state index is 12.6. The van der Waals surface area contributed by atoms with Gasteiger partial charge in [-0.3, -0.25) is 0 Å². The van der Waals surface area contributed by atoms with Gasteiger partial charge in [0.05, 0.1) is 29.8 Å². The molecule has 2 rings (SSSR count). The van der Waals surface area contributed by atoms with Gasteiger partial charge in [0.1, 0.15) is 5.75 Å². The summed E-state index contributed by atoms with van der Waals surface area (Å²) in [5.74, 6) is 0.655. The number of para-hydroxylation sites is 1. The number of likely N-dealkylation sites (N-methyl/N-ethyl adjacent to an activating group) is 1. The first-order valence-electron chi connectivity index (χ1n) is 8.01. The molecule has 0 bridgehead atoms. The van der Waals surface area contributed by atoms with Gasteiger partial charge in [0, 0.05) is 12.1 Å². The summed E-state index contributed by atoms with van der Waals surface area (Å²) in [6, 6.07) is 5.26. The van der Waals surface area contributed by atoms with Crippen LogP contribution in [0, 0.1) is 0 Å². The number of carbonyl (C=O) groups excluding carboxylic acids is 1. The highest BCUT2D eigenvalue weighted by atomic mass is 35.5. The first-order valence-corrected chi connectivity index (χ1v) is 8.38. The van der Waals surface area contributed by atoms with Crippen LogP contribution in [0.2, 0.25) is 5.02 Å². The average Bonchev–Trinajstić information content (AvgIpc) is 2.67. The summed E-state index contributed by atoms with van der Waals surface area (Å²) in [6.45, 7) is 6.67. The fourth-order valence-corrected chi connectivity index (χ4v) is 2.99. The van der Waals surface area contributed by atoms with Crippen LogP contribution in [0.15, 0.2) is 18.2 Å². The average molecular weight is 341 g/mol. The van der Waals surface area contributed by atoms with E-state index in [1.807, 2.05) is 19.1 Å². The Hall–Kier alpha value is -1.46. The number of amides is 2. The zero-order valence-corrected chi connectivity index (χ0v) is 14.7. The van der Waals surface area contributed by atoms with E-state index in [0.717, 1.165) is 18.4 Å². The highest BCUT2D eigenvalue weighted by molar-refractivity contribution is 6.32. The van der Waals surface area contributed by atoms with Crippen LogP contribution in [0.25, 0.3) is 0 Å². The van der Waals surface area contributed by atoms with E-state index in [0.29, 0.717) is 23.9 Å². The van der Waals surface area contributed by atoms with Crippen LogP contribution >= 0.6 is 11.6 Å². The molecule has 1 aliphatic heterocycles. The summed E-state index contributed by atoms with van der Waals surface area (Å²) in [5.41, 5.74) is -0.0242. The molecule has 1 heterocycles. The molecule has 2 N–H and O–H groups in total. The Labute approximate surface area is 142 Å². The Balaban J connectivity index is 2.16. The summed E-state index contributed by atoms with van der Waals surface area (Å²) >= 11 is 6.21. The van der Waals surface area contributed by atoms with E-state index in [1.165, 1.54) is 0 Å². The molecule has 0 saturated heterocycles. The standard InChI is InChI=1S/C17H25ClN2O3/c1-4-20(11-17(2,3)22)16(21)19-14-9-6-10-23-15-12(14)7-5-8-13(15)18/h5,7-8,14,22H,4,6,9-11H2,1-3H3,(H,19,21). The van der Waals surface area contributed by atoms with Crippen LogP contribution in [0.3, 0.4) is 0 Å². The van der Waals surface area contributed by atoms with Gasteiger partial charge in [0.15, 0.2) is 0 Å². The van der Waals surface area contributed by atoms with Gasteiger partial charge in [-0.15, -0.1) is 0 Å². The minimum Gasteiger partial charge on any atom is -0.492 e. The smallest absolute Gasteiger partial charge is 0.317 e. The predicted molar refractivity (Wildman–Crippen MR) is 91.0 cm³/mol. The summed E-state index contributed by atoms with van der Waals surface area (Å²) < 4.78 is 5.72. The Bertz CT molecular complexity index is 557. The molecule has 6 heteroatoms. The molecule has 0 saturated carbocycles. The van der Waals surface area contributed by atoms with Crippen LogP contribution in [-0.4, -0.2) is 41.3 Å². The summed E-state index contributed by atoms with van der Waals surface area (Å²) in [6.07, 6.45) is 1.63. The van der Waals surface area contributed by atoms with Gasteiger partial charge < -0.3 is 20.1 Å². The van der Waals surface area contributed by atoms with Crippen molar-refractivity contribution in [2.45, 2.75) is 45.3 Å². The van der Waals surface area contributed by atoms with E-state index in [9.17, 15) is 9.90 Å². The molecule has 128 valence electrons. The maximum atomic E-state index is 12.6. The number of nitrogens with one attached hydrogen (secondary N) is 1. The lowest BCUT2D eigenvalue weighted by Gasteiger charge is -2.30. The minimum atomic E-state index is -0.929. The second-order valence-electron chi connectivity index (χ2n) is 6.48. The summed E-state index contributed by atoms with van der Waals surface area (Å²) in [4.78, 5) is 14.2. The van der Waals surface area contributed by atoms with Crippen LogP contribution in [0.5, 0.6) is 5.75 Å². The number of aliphatic hydroxyl groups is 1. The van der Waals surface area contributed by atoms with Crippen LogP contribution in [0.4, 0.5) is 4.79 Å². The highest BCUT2D eigenvalue weighted by Gasteiger charge is 2.26. The first kappa shape index (κ1) is 17.9. The number of hydrogen-bond donors (Lipinski definition) is 2. The largest absolute Gasteiger partial charge is 0.492 e. The molecule has 2 amide bonds.